The van der Waals surface area contributed by atoms with Crippen molar-refractivity contribution < 1.29 is 19.1 Å². The molecule has 1 fully saturated rings. The molecule has 3 rings (SSSR count). The lowest BCUT2D eigenvalue weighted by molar-refractivity contribution is -0.151. The molecule has 7 heteroatoms. The predicted octanol–water partition coefficient (Wildman–Crippen LogP) is 3.60. The fraction of sp³-hybridized carbons (Fsp3) is 0.286. The Morgan fingerprint density at radius 1 is 1.18 bits per heavy atom. The third-order valence-corrected chi connectivity index (χ3v) is 5.12. The van der Waals surface area contributed by atoms with E-state index in [4.69, 9.17) is 4.74 Å². The van der Waals surface area contributed by atoms with Gasteiger partial charge in [-0.1, -0.05) is 28.1 Å². The van der Waals surface area contributed by atoms with Gasteiger partial charge in [0.1, 0.15) is 0 Å². The van der Waals surface area contributed by atoms with Crippen LogP contribution in [0, 0.1) is 19.8 Å². The molecule has 6 nitrogen and oxygen atoms in total. The first-order valence-corrected chi connectivity index (χ1v) is 9.72. The smallest absolute Gasteiger partial charge is 0.311 e. The summed E-state index contributed by atoms with van der Waals surface area (Å²) in [7, 11) is 0. The van der Waals surface area contributed by atoms with Crippen LogP contribution in [0.15, 0.2) is 46.9 Å². The van der Waals surface area contributed by atoms with E-state index >= 15 is 0 Å². The average molecular weight is 445 g/mol. The Balaban J connectivity index is 1.55. The second kappa shape index (κ2) is 8.56. The first-order chi connectivity index (χ1) is 13.3. The summed E-state index contributed by atoms with van der Waals surface area (Å²) in [6.07, 6.45) is 0.0839. The lowest BCUT2D eigenvalue weighted by atomic mass is 10.1. The zero-order chi connectivity index (χ0) is 20.3. The van der Waals surface area contributed by atoms with E-state index in [9.17, 15) is 14.4 Å². The Morgan fingerprint density at radius 3 is 2.61 bits per heavy atom. The van der Waals surface area contributed by atoms with Gasteiger partial charge in [-0.2, -0.15) is 0 Å². The van der Waals surface area contributed by atoms with Gasteiger partial charge in [0.15, 0.2) is 6.61 Å². The number of nitrogens with one attached hydrogen (secondary N) is 1. The summed E-state index contributed by atoms with van der Waals surface area (Å²) in [6, 6.07) is 12.9. The summed E-state index contributed by atoms with van der Waals surface area (Å²) in [4.78, 5) is 38.3. The number of hydrogen-bond donors (Lipinski definition) is 1. The van der Waals surface area contributed by atoms with Gasteiger partial charge in [0.25, 0.3) is 5.91 Å². The second-order valence-electron chi connectivity index (χ2n) is 6.86. The molecule has 1 N–H and O–H groups in total. The second-order valence-corrected chi connectivity index (χ2v) is 7.77. The summed E-state index contributed by atoms with van der Waals surface area (Å²) in [5.41, 5.74) is 3.44. The number of amides is 2. The quantitative estimate of drug-likeness (QED) is 0.714. The third-order valence-electron chi connectivity index (χ3n) is 4.59. The molecule has 1 aliphatic rings. The Bertz CT molecular complexity index is 911. The summed E-state index contributed by atoms with van der Waals surface area (Å²) in [5.74, 6) is -1.65. The van der Waals surface area contributed by atoms with Crippen LogP contribution in [0.25, 0.3) is 0 Å². The van der Waals surface area contributed by atoms with Crippen molar-refractivity contribution in [2.24, 2.45) is 5.92 Å². The largest absolute Gasteiger partial charge is 0.455 e. The molecule has 146 valence electrons. The fourth-order valence-electron chi connectivity index (χ4n) is 3.09. The van der Waals surface area contributed by atoms with Crippen molar-refractivity contribution in [3.63, 3.8) is 0 Å². The molecule has 0 bridgehead atoms. The van der Waals surface area contributed by atoms with Crippen LogP contribution >= 0.6 is 15.9 Å². The molecule has 1 atom stereocenters. The van der Waals surface area contributed by atoms with Crippen LogP contribution in [0.3, 0.4) is 0 Å². The number of nitrogens with zero attached hydrogens (tertiary/aromatic N) is 1. The molecule has 0 saturated carbocycles. The van der Waals surface area contributed by atoms with Crippen LogP contribution in [0.4, 0.5) is 11.4 Å². The molecule has 0 unspecified atom stereocenters. The number of carbonyl (C=O) groups is 3. The molecular weight excluding hydrogens is 424 g/mol. The van der Waals surface area contributed by atoms with Gasteiger partial charge in [-0.3, -0.25) is 14.4 Å². The first-order valence-electron chi connectivity index (χ1n) is 8.93. The molecule has 1 aliphatic heterocycles. The number of ether oxygens (including phenoxy) is 1. The first kappa shape index (κ1) is 20.1. The molecule has 2 aromatic carbocycles. The predicted molar refractivity (Wildman–Crippen MR) is 110 cm³/mol. The number of carbonyl (C=O) groups excluding carboxylic acids is 3. The lowest BCUT2D eigenvalue weighted by Gasteiger charge is -2.19. The number of anilines is 2. The van der Waals surface area contributed by atoms with Gasteiger partial charge in [-0.25, -0.2) is 0 Å². The standard InChI is InChI=1S/C21H21BrN2O4/c1-13-3-4-14(2)18(9-13)24-11-15(10-20(24)26)21(27)28-12-19(25)23-17-7-5-16(22)6-8-17/h3-9,15H,10-12H2,1-2H3,(H,23,25)/t15-/m0/s1. The van der Waals surface area contributed by atoms with E-state index in [-0.39, 0.29) is 25.5 Å². The van der Waals surface area contributed by atoms with E-state index in [0.717, 1.165) is 21.3 Å². The molecule has 2 amide bonds. The van der Waals surface area contributed by atoms with Crippen molar-refractivity contribution in [1.82, 2.24) is 0 Å². The highest BCUT2D eigenvalue weighted by Gasteiger charge is 2.36. The van der Waals surface area contributed by atoms with E-state index in [2.05, 4.69) is 21.2 Å². The van der Waals surface area contributed by atoms with Crippen LogP contribution in [0.5, 0.6) is 0 Å². The van der Waals surface area contributed by atoms with Gasteiger partial charge < -0.3 is 15.0 Å². The monoisotopic (exact) mass is 444 g/mol. The third kappa shape index (κ3) is 4.78. The molecule has 1 heterocycles. The lowest BCUT2D eigenvalue weighted by Crippen LogP contribution is -2.28. The molecule has 0 radical (unpaired) electrons. The summed E-state index contributed by atoms with van der Waals surface area (Å²) in [5, 5.41) is 2.66. The molecular formula is C21H21BrN2O4. The van der Waals surface area contributed by atoms with Crippen LogP contribution in [-0.4, -0.2) is 30.9 Å². The van der Waals surface area contributed by atoms with Gasteiger partial charge in [0, 0.05) is 28.8 Å². The zero-order valence-corrected chi connectivity index (χ0v) is 17.3. The normalized spacial score (nSPS) is 16.2. The van der Waals surface area contributed by atoms with Crippen LogP contribution < -0.4 is 10.2 Å². The minimum atomic E-state index is -0.576. The number of esters is 1. The molecule has 28 heavy (non-hydrogen) atoms. The van der Waals surface area contributed by atoms with E-state index in [1.807, 2.05) is 32.0 Å². The molecule has 0 aliphatic carbocycles. The van der Waals surface area contributed by atoms with Gasteiger partial charge in [0.05, 0.1) is 5.92 Å². The maximum atomic E-state index is 12.4. The highest BCUT2D eigenvalue weighted by atomic mass is 79.9. The van der Waals surface area contributed by atoms with Crippen molar-refractivity contribution in [3.05, 3.63) is 58.1 Å². The topological polar surface area (TPSA) is 75.7 Å². The maximum absolute atomic E-state index is 12.4. The molecule has 0 spiro atoms. The number of benzene rings is 2. The van der Waals surface area contributed by atoms with Crippen molar-refractivity contribution in [2.45, 2.75) is 20.3 Å². The average Bonchev–Trinajstić information content (AvgIpc) is 3.05. The van der Waals surface area contributed by atoms with E-state index in [1.54, 1.807) is 29.2 Å². The van der Waals surface area contributed by atoms with E-state index in [0.29, 0.717) is 5.69 Å². The molecule has 0 aromatic heterocycles. The Labute approximate surface area is 172 Å². The van der Waals surface area contributed by atoms with Crippen molar-refractivity contribution in [3.8, 4) is 0 Å². The molecule has 2 aromatic rings. The number of halogens is 1. The van der Waals surface area contributed by atoms with Crippen molar-refractivity contribution in [1.29, 1.82) is 0 Å². The van der Waals surface area contributed by atoms with Gasteiger partial charge in [-0.15, -0.1) is 0 Å². The Hall–Kier alpha value is -2.67. The van der Waals surface area contributed by atoms with Crippen molar-refractivity contribution in [2.75, 3.05) is 23.4 Å². The number of aryl methyl sites for hydroxylation is 2. The van der Waals surface area contributed by atoms with Gasteiger partial charge in [-0.05, 0) is 55.3 Å². The van der Waals surface area contributed by atoms with Crippen LogP contribution in [0.2, 0.25) is 0 Å². The molecule has 1 saturated heterocycles. The maximum Gasteiger partial charge on any atom is 0.311 e. The van der Waals surface area contributed by atoms with Crippen LogP contribution in [0.1, 0.15) is 17.5 Å². The summed E-state index contributed by atoms with van der Waals surface area (Å²) >= 11 is 3.32. The summed E-state index contributed by atoms with van der Waals surface area (Å²) in [6.45, 7) is 3.76. The highest BCUT2D eigenvalue weighted by Crippen LogP contribution is 2.29. The minimum Gasteiger partial charge on any atom is -0.455 e. The zero-order valence-electron chi connectivity index (χ0n) is 15.7. The number of rotatable bonds is 5. The van der Waals surface area contributed by atoms with E-state index in [1.165, 1.54) is 0 Å². The van der Waals surface area contributed by atoms with E-state index < -0.39 is 17.8 Å². The highest BCUT2D eigenvalue weighted by molar-refractivity contribution is 9.10. The number of hydrogen-bond acceptors (Lipinski definition) is 4. The van der Waals surface area contributed by atoms with Gasteiger partial charge >= 0.3 is 5.97 Å². The minimum absolute atomic E-state index is 0.0839. The summed E-state index contributed by atoms with van der Waals surface area (Å²) < 4.78 is 6.03. The van der Waals surface area contributed by atoms with Crippen LogP contribution in [-0.2, 0) is 19.1 Å². The SMILES string of the molecule is Cc1ccc(C)c(N2C[C@@H](C(=O)OCC(=O)Nc3ccc(Br)cc3)CC2=O)c1. The Kier molecular flexibility index (Phi) is 6.14. The Morgan fingerprint density at radius 2 is 1.89 bits per heavy atom. The van der Waals surface area contributed by atoms with Crippen molar-refractivity contribution >= 4 is 45.1 Å². The van der Waals surface area contributed by atoms with Gasteiger partial charge in [0.2, 0.25) is 5.91 Å². The fourth-order valence-corrected chi connectivity index (χ4v) is 3.36.